The zero-order valence-electron chi connectivity index (χ0n) is 15.0. The third-order valence-corrected chi connectivity index (χ3v) is 4.83. The number of nitrogens with zero attached hydrogens (tertiary/aromatic N) is 2. The number of anilines is 2. The van der Waals surface area contributed by atoms with Gasteiger partial charge in [-0.1, -0.05) is 12.1 Å². The summed E-state index contributed by atoms with van der Waals surface area (Å²) in [6.07, 6.45) is 5.18. The van der Waals surface area contributed by atoms with E-state index in [9.17, 15) is 5.11 Å². The smallest absolute Gasteiger partial charge is 0.120 e. The molecule has 0 unspecified atom stereocenters. The van der Waals surface area contributed by atoms with Crippen molar-refractivity contribution in [2.45, 2.75) is 25.7 Å². The molecule has 2 aromatic rings. The van der Waals surface area contributed by atoms with Gasteiger partial charge in [0.25, 0.3) is 0 Å². The highest BCUT2D eigenvalue weighted by Gasteiger charge is 2.12. The van der Waals surface area contributed by atoms with Crippen molar-refractivity contribution >= 4 is 11.4 Å². The Hall–Kier alpha value is -2.36. The van der Waals surface area contributed by atoms with Gasteiger partial charge < -0.3 is 19.6 Å². The predicted molar refractivity (Wildman–Crippen MR) is 104 cm³/mol. The molecule has 0 atom stereocenters. The summed E-state index contributed by atoms with van der Waals surface area (Å²) in [6, 6.07) is 15.8. The van der Waals surface area contributed by atoms with Gasteiger partial charge >= 0.3 is 0 Å². The van der Waals surface area contributed by atoms with Crippen LogP contribution in [-0.2, 0) is 0 Å². The Morgan fingerprint density at radius 1 is 0.760 bits per heavy atom. The standard InChI is InChI=1S/C11H15NO.C10H13NO/c1-13-11-6-4-5-10(9-11)12-7-2-3-8-12;12-10-5-3-4-9(8-10)11-6-1-2-7-11/h4-6,9H,2-3,7-8H2,1H3;3-5,8,12H,1-2,6-7H2. The van der Waals surface area contributed by atoms with Crippen LogP contribution in [0.25, 0.3) is 0 Å². The zero-order valence-corrected chi connectivity index (χ0v) is 15.0. The molecule has 0 aromatic heterocycles. The topological polar surface area (TPSA) is 35.9 Å². The van der Waals surface area contributed by atoms with E-state index in [0.717, 1.165) is 24.5 Å². The molecule has 2 heterocycles. The van der Waals surface area contributed by atoms with Crippen LogP contribution in [0.4, 0.5) is 11.4 Å². The van der Waals surface area contributed by atoms with Gasteiger partial charge in [-0.05, 0) is 49.9 Å². The molecule has 0 radical (unpaired) electrons. The number of phenolic OH excluding ortho intramolecular Hbond substituents is 1. The molecule has 0 spiro atoms. The molecule has 2 saturated heterocycles. The fourth-order valence-corrected chi connectivity index (χ4v) is 3.45. The van der Waals surface area contributed by atoms with Gasteiger partial charge in [0.1, 0.15) is 11.5 Å². The van der Waals surface area contributed by atoms with E-state index < -0.39 is 0 Å². The molecule has 4 rings (SSSR count). The van der Waals surface area contributed by atoms with Crippen molar-refractivity contribution in [2.75, 3.05) is 43.1 Å². The minimum atomic E-state index is 0.361. The van der Waals surface area contributed by atoms with Gasteiger partial charge in [-0.2, -0.15) is 0 Å². The Kier molecular flexibility index (Phi) is 6.04. The Bertz CT molecular complexity index is 662. The second-order valence-corrected chi connectivity index (χ2v) is 6.61. The zero-order chi connectivity index (χ0) is 17.5. The minimum absolute atomic E-state index is 0.361. The van der Waals surface area contributed by atoms with Crippen molar-refractivity contribution in [3.8, 4) is 11.5 Å². The van der Waals surface area contributed by atoms with Gasteiger partial charge in [0.05, 0.1) is 7.11 Å². The molecule has 4 nitrogen and oxygen atoms in total. The van der Waals surface area contributed by atoms with Crippen molar-refractivity contribution in [1.82, 2.24) is 0 Å². The largest absolute Gasteiger partial charge is 0.508 e. The molecule has 0 saturated carbocycles. The maximum absolute atomic E-state index is 9.25. The summed E-state index contributed by atoms with van der Waals surface area (Å²) >= 11 is 0. The maximum atomic E-state index is 9.25. The van der Waals surface area contributed by atoms with Gasteiger partial charge in [0, 0.05) is 49.7 Å². The molecule has 134 valence electrons. The molecule has 0 bridgehead atoms. The summed E-state index contributed by atoms with van der Waals surface area (Å²) in [6.45, 7) is 4.63. The Morgan fingerprint density at radius 3 is 1.80 bits per heavy atom. The van der Waals surface area contributed by atoms with Crippen molar-refractivity contribution in [3.63, 3.8) is 0 Å². The Labute approximate surface area is 150 Å². The van der Waals surface area contributed by atoms with Gasteiger partial charge in [0.15, 0.2) is 0 Å². The van der Waals surface area contributed by atoms with E-state index in [1.54, 1.807) is 13.2 Å². The van der Waals surface area contributed by atoms with Gasteiger partial charge in [0.2, 0.25) is 0 Å². The highest BCUT2D eigenvalue weighted by atomic mass is 16.5. The van der Waals surface area contributed by atoms with E-state index in [0.29, 0.717) is 5.75 Å². The van der Waals surface area contributed by atoms with E-state index in [-0.39, 0.29) is 0 Å². The van der Waals surface area contributed by atoms with Gasteiger partial charge in [-0.3, -0.25) is 0 Å². The number of benzene rings is 2. The lowest BCUT2D eigenvalue weighted by atomic mass is 10.3. The molecule has 4 heteroatoms. The van der Waals surface area contributed by atoms with Crippen molar-refractivity contribution < 1.29 is 9.84 Å². The van der Waals surface area contributed by atoms with E-state index in [2.05, 4.69) is 21.9 Å². The molecule has 25 heavy (non-hydrogen) atoms. The van der Waals surface area contributed by atoms with Crippen LogP contribution in [0.3, 0.4) is 0 Å². The van der Waals surface area contributed by atoms with E-state index in [4.69, 9.17) is 4.74 Å². The van der Waals surface area contributed by atoms with Crippen LogP contribution in [0, 0.1) is 0 Å². The lowest BCUT2D eigenvalue weighted by Crippen LogP contribution is -2.17. The molecule has 1 N–H and O–H groups in total. The molecule has 0 aliphatic carbocycles. The van der Waals surface area contributed by atoms with Crippen LogP contribution in [0.2, 0.25) is 0 Å². The first kappa shape index (κ1) is 17.5. The van der Waals surface area contributed by atoms with Crippen LogP contribution >= 0.6 is 0 Å². The Morgan fingerprint density at radius 2 is 1.28 bits per heavy atom. The quantitative estimate of drug-likeness (QED) is 0.904. The summed E-state index contributed by atoms with van der Waals surface area (Å²) < 4.78 is 5.19. The van der Waals surface area contributed by atoms with Crippen LogP contribution in [0.15, 0.2) is 48.5 Å². The van der Waals surface area contributed by atoms with Crippen molar-refractivity contribution in [3.05, 3.63) is 48.5 Å². The van der Waals surface area contributed by atoms with Crippen molar-refractivity contribution in [1.29, 1.82) is 0 Å². The summed E-state index contributed by atoms with van der Waals surface area (Å²) in [4.78, 5) is 4.71. The third kappa shape index (κ3) is 4.81. The second-order valence-electron chi connectivity index (χ2n) is 6.61. The number of ether oxygens (including phenoxy) is 1. The van der Waals surface area contributed by atoms with Crippen LogP contribution in [0.5, 0.6) is 11.5 Å². The number of phenols is 1. The van der Waals surface area contributed by atoms with E-state index >= 15 is 0 Å². The van der Waals surface area contributed by atoms with E-state index in [1.807, 2.05) is 30.3 Å². The lowest BCUT2D eigenvalue weighted by Gasteiger charge is -2.17. The SMILES string of the molecule is COc1cccc(N2CCCC2)c1.Oc1cccc(N2CCCC2)c1. The molecule has 2 aliphatic heterocycles. The van der Waals surface area contributed by atoms with Crippen molar-refractivity contribution in [2.24, 2.45) is 0 Å². The summed E-state index contributed by atoms with van der Waals surface area (Å²) in [5.41, 5.74) is 2.43. The van der Waals surface area contributed by atoms with Crippen LogP contribution in [-0.4, -0.2) is 38.4 Å². The number of methoxy groups -OCH3 is 1. The molecule has 2 fully saturated rings. The first-order chi connectivity index (χ1) is 12.3. The third-order valence-electron chi connectivity index (χ3n) is 4.83. The fraction of sp³-hybridized carbons (Fsp3) is 0.429. The molecule has 2 aromatic carbocycles. The number of aromatic hydroxyl groups is 1. The van der Waals surface area contributed by atoms with Gasteiger partial charge in [-0.25, -0.2) is 0 Å². The van der Waals surface area contributed by atoms with E-state index in [1.165, 1.54) is 44.5 Å². The average molecular weight is 340 g/mol. The van der Waals surface area contributed by atoms with Gasteiger partial charge in [-0.15, -0.1) is 0 Å². The number of hydrogen-bond acceptors (Lipinski definition) is 4. The van der Waals surface area contributed by atoms with Crippen LogP contribution in [0.1, 0.15) is 25.7 Å². The minimum Gasteiger partial charge on any atom is -0.508 e. The monoisotopic (exact) mass is 340 g/mol. The highest BCUT2D eigenvalue weighted by molar-refractivity contribution is 5.51. The summed E-state index contributed by atoms with van der Waals surface area (Å²) in [7, 11) is 1.71. The molecular formula is C21H28N2O2. The first-order valence-corrected chi connectivity index (χ1v) is 9.19. The second kappa shape index (κ2) is 8.65. The highest BCUT2D eigenvalue weighted by Crippen LogP contribution is 2.24. The number of rotatable bonds is 3. The summed E-state index contributed by atoms with van der Waals surface area (Å²) in [5, 5.41) is 9.25. The number of hydrogen-bond donors (Lipinski definition) is 1. The maximum Gasteiger partial charge on any atom is 0.120 e. The molecule has 0 amide bonds. The average Bonchev–Trinajstić information content (AvgIpc) is 3.36. The normalized spacial score (nSPS) is 16.5. The first-order valence-electron chi connectivity index (χ1n) is 9.19. The molecule has 2 aliphatic rings. The van der Waals surface area contributed by atoms with Crippen LogP contribution < -0.4 is 14.5 Å². The Balaban J connectivity index is 0.000000146. The lowest BCUT2D eigenvalue weighted by molar-refractivity contribution is 0.415. The molecular weight excluding hydrogens is 312 g/mol. The predicted octanol–water partition coefficient (Wildman–Crippen LogP) is 4.29. The fourth-order valence-electron chi connectivity index (χ4n) is 3.45. The summed E-state index contributed by atoms with van der Waals surface area (Å²) in [5.74, 6) is 1.31.